The van der Waals surface area contributed by atoms with Gasteiger partial charge in [-0.1, -0.05) is 133 Å². The van der Waals surface area contributed by atoms with Crippen LogP contribution < -0.4 is 0 Å². The molecular weight excluding hydrogens is 448 g/mol. The van der Waals surface area contributed by atoms with Gasteiger partial charge in [-0.2, -0.15) is 0 Å². The minimum absolute atomic E-state index is 0.710. The van der Waals surface area contributed by atoms with Crippen LogP contribution in [-0.4, -0.2) is 9.97 Å². The number of benzene rings is 4. The van der Waals surface area contributed by atoms with Gasteiger partial charge in [0, 0.05) is 11.1 Å². The molecule has 6 rings (SSSR count). The van der Waals surface area contributed by atoms with Crippen LogP contribution in [0.25, 0.3) is 22.5 Å². The Hall–Kier alpha value is -4.82. The van der Waals surface area contributed by atoms with Crippen LogP contribution in [0.4, 0.5) is 0 Å². The highest BCUT2D eigenvalue weighted by molar-refractivity contribution is 5.64. The van der Waals surface area contributed by atoms with Crippen molar-refractivity contribution in [3.63, 3.8) is 0 Å². The van der Waals surface area contributed by atoms with Gasteiger partial charge in [-0.15, -0.1) is 0 Å². The fourth-order valence-electron chi connectivity index (χ4n) is 5.09. The zero-order valence-electron chi connectivity index (χ0n) is 20.4. The standard InChI is InChI=1S/C35H26N2/c1-5-15-27(16-6-1)31-23-13-25-33(36-31)35(29-19-9-3-10-20-29,30-21-11-4-12-22-30)34-26-14-24-32(37-34)28-17-7-2-8-18-28/h1-26H. The van der Waals surface area contributed by atoms with Gasteiger partial charge < -0.3 is 0 Å². The Kier molecular flexibility index (Phi) is 6.14. The average Bonchev–Trinajstić information content (AvgIpc) is 3.00. The lowest BCUT2D eigenvalue weighted by Crippen LogP contribution is -2.33. The average molecular weight is 475 g/mol. The van der Waals surface area contributed by atoms with Crippen LogP contribution in [0.1, 0.15) is 22.5 Å². The maximum Gasteiger partial charge on any atom is 0.105 e. The van der Waals surface area contributed by atoms with Crippen molar-refractivity contribution in [1.82, 2.24) is 9.97 Å². The highest BCUT2D eigenvalue weighted by Crippen LogP contribution is 2.44. The summed E-state index contributed by atoms with van der Waals surface area (Å²) in [6.45, 7) is 0. The van der Waals surface area contributed by atoms with Crippen LogP contribution in [0, 0.1) is 0 Å². The first-order valence-electron chi connectivity index (χ1n) is 12.5. The molecule has 0 saturated carbocycles. The molecule has 37 heavy (non-hydrogen) atoms. The summed E-state index contributed by atoms with van der Waals surface area (Å²) < 4.78 is 0. The molecule has 2 aromatic heterocycles. The fraction of sp³-hybridized carbons (Fsp3) is 0.0286. The summed E-state index contributed by atoms with van der Waals surface area (Å²) in [5.74, 6) is 0. The maximum absolute atomic E-state index is 5.31. The lowest BCUT2D eigenvalue weighted by Gasteiger charge is -2.35. The molecule has 0 aliphatic heterocycles. The molecule has 6 aromatic rings. The molecule has 0 fully saturated rings. The van der Waals surface area contributed by atoms with E-state index in [2.05, 4.69) is 146 Å². The first-order chi connectivity index (χ1) is 18.4. The molecule has 2 nitrogen and oxygen atoms in total. The molecular formula is C35H26N2. The summed E-state index contributed by atoms with van der Waals surface area (Å²) in [5.41, 5.74) is 7.46. The number of hydrogen-bond donors (Lipinski definition) is 0. The molecule has 0 amide bonds. The van der Waals surface area contributed by atoms with Gasteiger partial charge >= 0.3 is 0 Å². The second kappa shape index (κ2) is 10.0. The van der Waals surface area contributed by atoms with E-state index in [1.165, 1.54) is 0 Å². The van der Waals surface area contributed by atoms with Crippen molar-refractivity contribution < 1.29 is 0 Å². The van der Waals surface area contributed by atoms with Crippen LogP contribution in [0.3, 0.4) is 0 Å². The monoisotopic (exact) mass is 474 g/mol. The second-order valence-electron chi connectivity index (χ2n) is 9.03. The van der Waals surface area contributed by atoms with Crippen molar-refractivity contribution >= 4 is 0 Å². The SMILES string of the molecule is c1ccc(-c2cccc(C(c3ccccc3)(c3ccccc3)c3cccc(-c4ccccc4)n3)n2)cc1. The lowest BCUT2D eigenvalue weighted by atomic mass is 9.69. The number of pyridine rings is 2. The predicted molar refractivity (Wildman–Crippen MR) is 151 cm³/mol. The molecule has 0 aliphatic carbocycles. The molecule has 0 saturated heterocycles. The van der Waals surface area contributed by atoms with Crippen molar-refractivity contribution in [2.75, 3.05) is 0 Å². The molecule has 2 heterocycles. The molecule has 0 spiro atoms. The summed E-state index contributed by atoms with van der Waals surface area (Å²) in [7, 11) is 0. The van der Waals surface area contributed by atoms with Crippen LogP contribution in [0.15, 0.2) is 158 Å². The van der Waals surface area contributed by atoms with Crippen molar-refractivity contribution in [2.24, 2.45) is 0 Å². The maximum atomic E-state index is 5.31. The van der Waals surface area contributed by atoms with Gasteiger partial charge in [0.05, 0.1) is 22.8 Å². The Morgan fingerprint density at radius 1 is 0.324 bits per heavy atom. The van der Waals surface area contributed by atoms with Gasteiger partial charge in [0.2, 0.25) is 0 Å². The van der Waals surface area contributed by atoms with Gasteiger partial charge in [0.15, 0.2) is 0 Å². The molecule has 0 N–H and O–H groups in total. The van der Waals surface area contributed by atoms with Crippen molar-refractivity contribution in [3.05, 3.63) is 180 Å². The Morgan fingerprint density at radius 2 is 0.676 bits per heavy atom. The third-order valence-corrected chi connectivity index (χ3v) is 6.82. The van der Waals surface area contributed by atoms with E-state index in [1.54, 1.807) is 0 Å². The lowest BCUT2D eigenvalue weighted by molar-refractivity contribution is 0.689. The quantitative estimate of drug-likeness (QED) is 0.243. The van der Waals surface area contributed by atoms with E-state index < -0.39 is 5.41 Å². The zero-order valence-corrected chi connectivity index (χ0v) is 20.4. The highest BCUT2D eigenvalue weighted by atomic mass is 14.8. The predicted octanol–water partition coefficient (Wildman–Crippen LogP) is 8.19. The molecule has 0 aliphatic rings. The summed E-state index contributed by atoms with van der Waals surface area (Å²) in [4.78, 5) is 10.6. The fourth-order valence-corrected chi connectivity index (χ4v) is 5.09. The molecule has 0 bridgehead atoms. The smallest absolute Gasteiger partial charge is 0.105 e. The summed E-state index contributed by atoms with van der Waals surface area (Å²) >= 11 is 0. The first kappa shape index (κ1) is 22.6. The Labute approximate surface area is 218 Å². The van der Waals surface area contributed by atoms with Gasteiger partial charge in [0.25, 0.3) is 0 Å². The van der Waals surface area contributed by atoms with E-state index in [4.69, 9.17) is 9.97 Å². The minimum atomic E-state index is -0.710. The van der Waals surface area contributed by atoms with Crippen LogP contribution in [0.2, 0.25) is 0 Å². The number of aromatic nitrogens is 2. The Bertz CT molecular complexity index is 1470. The number of nitrogens with zero attached hydrogens (tertiary/aromatic N) is 2. The first-order valence-corrected chi connectivity index (χ1v) is 12.5. The van der Waals surface area contributed by atoms with E-state index in [9.17, 15) is 0 Å². The van der Waals surface area contributed by atoms with Gasteiger partial charge in [-0.25, -0.2) is 0 Å². The number of hydrogen-bond acceptors (Lipinski definition) is 2. The Morgan fingerprint density at radius 3 is 1.05 bits per heavy atom. The normalized spacial score (nSPS) is 11.2. The van der Waals surface area contributed by atoms with E-state index >= 15 is 0 Å². The number of rotatable bonds is 6. The van der Waals surface area contributed by atoms with Crippen LogP contribution >= 0.6 is 0 Å². The van der Waals surface area contributed by atoms with Crippen molar-refractivity contribution in [2.45, 2.75) is 5.41 Å². The molecule has 176 valence electrons. The van der Waals surface area contributed by atoms with E-state index in [0.29, 0.717) is 0 Å². The largest absolute Gasteiger partial charge is 0.251 e. The van der Waals surface area contributed by atoms with Gasteiger partial charge in [0.1, 0.15) is 5.41 Å². The topological polar surface area (TPSA) is 25.8 Å². The molecule has 2 heteroatoms. The highest BCUT2D eigenvalue weighted by Gasteiger charge is 2.41. The summed E-state index contributed by atoms with van der Waals surface area (Å²) in [6.07, 6.45) is 0. The van der Waals surface area contributed by atoms with E-state index in [0.717, 1.165) is 45.0 Å². The molecule has 0 unspecified atom stereocenters. The zero-order chi connectivity index (χ0) is 24.9. The molecule has 0 atom stereocenters. The van der Waals surface area contributed by atoms with E-state index in [1.807, 2.05) is 12.1 Å². The third-order valence-electron chi connectivity index (χ3n) is 6.82. The van der Waals surface area contributed by atoms with Crippen molar-refractivity contribution in [1.29, 1.82) is 0 Å². The van der Waals surface area contributed by atoms with Crippen LogP contribution in [-0.2, 0) is 5.41 Å². The molecule has 4 aromatic carbocycles. The van der Waals surface area contributed by atoms with Crippen molar-refractivity contribution in [3.8, 4) is 22.5 Å². The second-order valence-corrected chi connectivity index (χ2v) is 9.03. The molecule has 0 radical (unpaired) electrons. The van der Waals surface area contributed by atoms with Gasteiger partial charge in [-0.3, -0.25) is 9.97 Å². The van der Waals surface area contributed by atoms with E-state index in [-0.39, 0.29) is 0 Å². The Balaban J connectivity index is 1.68. The third kappa shape index (κ3) is 4.23. The van der Waals surface area contributed by atoms with Crippen LogP contribution in [0.5, 0.6) is 0 Å². The minimum Gasteiger partial charge on any atom is -0.251 e. The summed E-state index contributed by atoms with van der Waals surface area (Å²) in [6, 6.07) is 54.5. The van der Waals surface area contributed by atoms with Gasteiger partial charge in [-0.05, 0) is 35.4 Å². The summed E-state index contributed by atoms with van der Waals surface area (Å²) in [5, 5.41) is 0.